The van der Waals surface area contributed by atoms with Gasteiger partial charge in [-0.1, -0.05) is 6.07 Å². The zero-order chi connectivity index (χ0) is 17.2. The predicted molar refractivity (Wildman–Crippen MR) is 99.5 cm³/mol. The summed E-state index contributed by atoms with van der Waals surface area (Å²) < 4.78 is 2.09. The first-order valence-electron chi connectivity index (χ1n) is 8.09. The third kappa shape index (κ3) is 2.85. The molecule has 0 saturated heterocycles. The largest absolute Gasteiger partial charge is 0.330 e. The van der Waals surface area contributed by atoms with E-state index in [2.05, 4.69) is 44.2 Å². The minimum Gasteiger partial charge on any atom is -0.330 e. The number of fused-ring (bicyclic) bond motifs is 3. The molecule has 0 fully saturated rings. The smallest absolute Gasteiger partial charge is 0.159 e. The van der Waals surface area contributed by atoms with Crippen LogP contribution in [0, 0.1) is 0 Å². The lowest BCUT2D eigenvalue weighted by molar-refractivity contribution is 0.810. The highest BCUT2D eigenvalue weighted by Crippen LogP contribution is 2.28. The molecule has 2 N–H and O–H groups in total. The molecule has 0 saturated carbocycles. The third-order valence-electron chi connectivity index (χ3n) is 4.15. The normalized spacial score (nSPS) is 13.0. The Kier molecular flexibility index (Phi) is 4.33. The van der Waals surface area contributed by atoms with Crippen molar-refractivity contribution in [2.75, 3.05) is 12.8 Å². The number of pyridine rings is 1. The number of benzene rings is 1. The maximum Gasteiger partial charge on any atom is 0.159 e. The molecule has 6 nitrogen and oxygen atoms in total. The molecule has 0 radical (unpaired) electrons. The summed E-state index contributed by atoms with van der Waals surface area (Å²) in [5, 5.41) is 8.64. The van der Waals surface area contributed by atoms with Crippen molar-refractivity contribution in [3.05, 3.63) is 65.5 Å². The Bertz CT molecular complexity index is 932. The Balaban J connectivity index is 1.96. The van der Waals surface area contributed by atoms with Gasteiger partial charge in [-0.2, -0.15) is 0 Å². The summed E-state index contributed by atoms with van der Waals surface area (Å²) in [5.74, 6) is 1.70. The van der Waals surface area contributed by atoms with Gasteiger partial charge in [0.05, 0.1) is 17.1 Å². The van der Waals surface area contributed by atoms with E-state index in [0.717, 1.165) is 34.3 Å². The van der Waals surface area contributed by atoms with Crippen molar-refractivity contribution in [2.45, 2.75) is 17.9 Å². The van der Waals surface area contributed by atoms with Crippen molar-refractivity contribution in [3.8, 4) is 5.69 Å². The summed E-state index contributed by atoms with van der Waals surface area (Å²) in [7, 11) is 0. The van der Waals surface area contributed by atoms with Crippen LogP contribution in [0.4, 0.5) is 0 Å². The molecular weight excluding hydrogens is 332 g/mol. The predicted octanol–water partition coefficient (Wildman–Crippen LogP) is 2.24. The van der Waals surface area contributed by atoms with Crippen LogP contribution in [0.2, 0.25) is 0 Å². The molecule has 0 unspecified atom stereocenters. The summed E-state index contributed by atoms with van der Waals surface area (Å²) in [6.07, 6.45) is 4.54. The fourth-order valence-corrected chi connectivity index (χ4v) is 3.45. The van der Waals surface area contributed by atoms with E-state index in [9.17, 15) is 0 Å². The van der Waals surface area contributed by atoms with Gasteiger partial charge in [-0.15, -0.1) is 22.0 Å². The van der Waals surface area contributed by atoms with Crippen molar-refractivity contribution >= 4 is 17.5 Å². The lowest BCUT2D eigenvalue weighted by Gasteiger charge is -2.14. The lowest BCUT2D eigenvalue weighted by Crippen LogP contribution is -2.13. The van der Waals surface area contributed by atoms with E-state index in [1.165, 1.54) is 4.90 Å². The Morgan fingerprint density at radius 1 is 1.20 bits per heavy atom. The van der Waals surface area contributed by atoms with Gasteiger partial charge in [0, 0.05) is 23.1 Å². The van der Waals surface area contributed by atoms with E-state index in [1.54, 1.807) is 18.0 Å². The molecule has 126 valence electrons. The Morgan fingerprint density at radius 3 is 2.88 bits per heavy atom. The van der Waals surface area contributed by atoms with Crippen LogP contribution < -0.4 is 5.73 Å². The molecule has 0 atom stereocenters. The van der Waals surface area contributed by atoms with Crippen LogP contribution in [-0.4, -0.2) is 38.3 Å². The van der Waals surface area contributed by atoms with Gasteiger partial charge in [-0.05, 0) is 43.1 Å². The molecule has 4 rings (SSSR count). The molecule has 0 amide bonds. The molecule has 0 spiro atoms. The van der Waals surface area contributed by atoms with Crippen molar-refractivity contribution in [2.24, 2.45) is 10.7 Å². The van der Waals surface area contributed by atoms with E-state index >= 15 is 0 Å². The molecule has 25 heavy (non-hydrogen) atoms. The van der Waals surface area contributed by atoms with Crippen LogP contribution in [0.5, 0.6) is 0 Å². The van der Waals surface area contributed by atoms with E-state index in [-0.39, 0.29) is 0 Å². The number of nitrogens with two attached hydrogens (primary N) is 1. The van der Waals surface area contributed by atoms with Gasteiger partial charge in [0.2, 0.25) is 0 Å². The first kappa shape index (κ1) is 16.0. The zero-order valence-electron chi connectivity index (χ0n) is 13.9. The van der Waals surface area contributed by atoms with Gasteiger partial charge in [-0.25, -0.2) is 0 Å². The van der Waals surface area contributed by atoms with E-state index < -0.39 is 0 Å². The van der Waals surface area contributed by atoms with E-state index in [0.29, 0.717) is 19.5 Å². The Labute approximate surface area is 150 Å². The van der Waals surface area contributed by atoms with Gasteiger partial charge >= 0.3 is 0 Å². The average molecular weight is 350 g/mol. The lowest BCUT2D eigenvalue weighted by atomic mass is 10.0. The van der Waals surface area contributed by atoms with Crippen LogP contribution in [-0.2, 0) is 13.0 Å². The fourth-order valence-electron chi connectivity index (χ4n) is 3.01. The molecule has 3 heterocycles. The SMILES string of the molecule is CSc1ccc2c(c1)C(c1ccccn1)=NCc1nnc(CCN)n1-2. The minimum atomic E-state index is 0.465. The summed E-state index contributed by atoms with van der Waals surface area (Å²) in [4.78, 5) is 10.5. The molecule has 1 aliphatic heterocycles. The first-order chi connectivity index (χ1) is 12.3. The summed E-state index contributed by atoms with van der Waals surface area (Å²) >= 11 is 1.71. The van der Waals surface area contributed by atoms with Gasteiger partial charge in [0.1, 0.15) is 12.4 Å². The Morgan fingerprint density at radius 2 is 2.12 bits per heavy atom. The third-order valence-corrected chi connectivity index (χ3v) is 4.88. The number of aromatic nitrogens is 4. The summed E-state index contributed by atoms with van der Waals surface area (Å²) in [6, 6.07) is 12.3. The summed E-state index contributed by atoms with van der Waals surface area (Å²) in [5.41, 5.74) is 9.57. The van der Waals surface area contributed by atoms with Crippen molar-refractivity contribution in [1.29, 1.82) is 0 Å². The number of nitrogens with zero attached hydrogens (tertiary/aromatic N) is 5. The number of rotatable bonds is 4. The van der Waals surface area contributed by atoms with Crippen LogP contribution in [0.15, 0.2) is 52.5 Å². The molecule has 7 heteroatoms. The Hall–Kier alpha value is -2.51. The maximum atomic E-state index is 5.75. The van der Waals surface area contributed by atoms with Crippen molar-refractivity contribution < 1.29 is 0 Å². The van der Waals surface area contributed by atoms with Crippen LogP contribution >= 0.6 is 11.8 Å². The molecule has 0 aliphatic carbocycles. The first-order valence-corrected chi connectivity index (χ1v) is 9.32. The fraction of sp³-hybridized carbons (Fsp3) is 0.222. The average Bonchev–Trinajstić information content (AvgIpc) is 2.97. The number of hydrogen-bond donors (Lipinski definition) is 1. The zero-order valence-corrected chi connectivity index (χ0v) is 14.7. The van der Waals surface area contributed by atoms with E-state index in [4.69, 9.17) is 10.7 Å². The van der Waals surface area contributed by atoms with Gasteiger partial charge < -0.3 is 5.73 Å². The van der Waals surface area contributed by atoms with Crippen LogP contribution in [0.3, 0.4) is 0 Å². The van der Waals surface area contributed by atoms with Gasteiger partial charge in [-0.3, -0.25) is 14.5 Å². The van der Waals surface area contributed by atoms with Gasteiger partial charge in [0.25, 0.3) is 0 Å². The monoisotopic (exact) mass is 350 g/mol. The minimum absolute atomic E-state index is 0.465. The van der Waals surface area contributed by atoms with Crippen molar-refractivity contribution in [3.63, 3.8) is 0 Å². The maximum absolute atomic E-state index is 5.75. The van der Waals surface area contributed by atoms with Crippen molar-refractivity contribution in [1.82, 2.24) is 19.7 Å². The number of hydrogen-bond acceptors (Lipinski definition) is 6. The topological polar surface area (TPSA) is 82.0 Å². The molecule has 3 aromatic rings. The molecule has 0 bridgehead atoms. The van der Waals surface area contributed by atoms with E-state index in [1.807, 2.05) is 18.2 Å². The second-order valence-corrected chi connectivity index (χ2v) is 6.55. The molecular formula is C18H18N6S. The standard InChI is InChI=1S/C18H18N6S/c1-25-12-5-6-15-13(10-12)18(14-4-2-3-9-20-14)21-11-17-23-22-16(7-8-19)24(15)17/h2-6,9-10H,7-8,11,19H2,1H3. The van der Waals surface area contributed by atoms with Gasteiger partial charge in [0.15, 0.2) is 5.82 Å². The highest BCUT2D eigenvalue weighted by molar-refractivity contribution is 7.98. The summed E-state index contributed by atoms with van der Waals surface area (Å²) in [6.45, 7) is 0.997. The molecule has 1 aromatic carbocycles. The highest BCUT2D eigenvalue weighted by Gasteiger charge is 2.23. The molecule has 2 aromatic heterocycles. The number of thioether (sulfide) groups is 1. The van der Waals surface area contributed by atoms with Crippen LogP contribution in [0.25, 0.3) is 5.69 Å². The quantitative estimate of drug-likeness (QED) is 0.730. The second-order valence-electron chi connectivity index (χ2n) is 5.67. The highest BCUT2D eigenvalue weighted by atomic mass is 32.2. The molecule has 1 aliphatic rings. The second kappa shape index (κ2) is 6.78. The van der Waals surface area contributed by atoms with Crippen LogP contribution in [0.1, 0.15) is 22.9 Å². The number of aliphatic imine (C=N–C) groups is 1.